The summed E-state index contributed by atoms with van der Waals surface area (Å²) in [6.45, 7) is 3.51. The molecule has 0 radical (unpaired) electrons. The van der Waals surface area contributed by atoms with E-state index in [1.165, 1.54) is 0 Å². The molecule has 0 aromatic heterocycles. The van der Waals surface area contributed by atoms with Crippen molar-refractivity contribution < 1.29 is 9.84 Å². The largest absolute Gasteiger partial charge is 0.390 e. The molecule has 2 heterocycles. The van der Waals surface area contributed by atoms with Crippen molar-refractivity contribution in [3.63, 3.8) is 0 Å². The smallest absolute Gasteiger partial charge is 0.0852 e. The minimum Gasteiger partial charge on any atom is -0.390 e. The molecule has 1 unspecified atom stereocenters. The van der Waals surface area contributed by atoms with Gasteiger partial charge in [0.2, 0.25) is 0 Å². The molecule has 0 aromatic rings. The van der Waals surface area contributed by atoms with Crippen LogP contribution in [0.2, 0.25) is 0 Å². The van der Waals surface area contributed by atoms with Crippen molar-refractivity contribution in [2.75, 3.05) is 33.4 Å². The van der Waals surface area contributed by atoms with Crippen LogP contribution < -0.4 is 0 Å². The lowest BCUT2D eigenvalue weighted by Crippen LogP contribution is -2.44. The first kappa shape index (κ1) is 8.48. The van der Waals surface area contributed by atoms with Crippen molar-refractivity contribution in [3.8, 4) is 0 Å². The number of likely N-dealkylation sites (tertiary alicyclic amines) is 1. The molecule has 0 saturated carbocycles. The van der Waals surface area contributed by atoms with Crippen LogP contribution in [0.25, 0.3) is 0 Å². The highest BCUT2D eigenvalue weighted by Crippen LogP contribution is 2.38. The summed E-state index contributed by atoms with van der Waals surface area (Å²) in [6.07, 6.45) is 1.96. The van der Waals surface area contributed by atoms with Gasteiger partial charge < -0.3 is 14.7 Å². The summed E-state index contributed by atoms with van der Waals surface area (Å²) < 4.78 is 5.32. The molecule has 1 spiro atoms. The minimum absolute atomic E-state index is 0.104. The van der Waals surface area contributed by atoms with E-state index in [1.807, 2.05) is 0 Å². The fourth-order valence-corrected chi connectivity index (χ4v) is 2.19. The fraction of sp³-hybridized carbons (Fsp3) is 1.00. The Morgan fingerprint density at radius 3 is 2.58 bits per heavy atom. The maximum absolute atomic E-state index is 9.75. The van der Waals surface area contributed by atoms with E-state index < -0.39 is 0 Å². The van der Waals surface area contributed by atoms with Gasteiger partial charge in [-0.25, -0.2) is 0 Å². The van der Waals surface area contributed by atoms with Gasteiger partial charge in [-0.3, -0.25) is 0 Å². The van der Waals surface area contributed by atoms with Gasteiger partial charge in [-0.15, -0.1) is 0 Å². The maximum atomic E-state index is 9.75. The van der Waals surface area contributed by atoms with Gasteiger partial charge in [-0.05, 0) is 33.0 Å². The van der Waals surface area contributed by atoms with Crippen LogP contribution in [0, 0.1) is 5.41 Å². The van der Waals surface area contributed by atoms with Crippen LogP contribution in [0.4, 0.5) is 0 Å². The number of aliphatic hydroxyl groups excluding tert-OH is 1. The lowest BCUT2D eigenvalue weighted by atomic mass is 9.76. The predicted molar refractivity (Wildman–Crippen MR) is 46.0 cm³/mol. The molecule has 0 aromatic carbocycles. The topological polar surface area (TPSA) is 32.7 Å². The molecule has 2 aliphatic heterocycles. The summed E-state index contributed by atoms with van der Waals surface area (Å²) in [6, 6.07) is 0. The third kappa shape index (κ3) is 1.26. The van der Waals surface area contributed by atoms with Crippen molar-refractivity contribution >= 4 is 0 Å². The number of aliphatic hydroxyl groups is 1. The lowest BCUT2D eigenvalue weighted by Gasteiger charge is -2.38. The number of nitrogens with zero attached hydrogens (tertiary/aromatic N) is 1. The zero-order chi connectivity index (χ0) is 8.60. The van der Waals surface area contributed by atoms with Gasteiger partial charge in [0.25, 0.3) is 0 Å². The Morgan fingerprint density at radius 2 is 2.08 bits per heavy atom. The van der Waals surface area contributed by atoms with Crippen molar-refractivity contribution in [1.29, 1.82) is 0 Å². The molecular weight excluding hydrogens is 154 g/mol. The number of ether oxygens (including phenoxy) is 1. The van der Waals surface area contributed by atoms with E-state index in [2.05, 4.69) is 11.9 Å². The van der Waals surface area contributed by atoms with Gasteiger partial charge in [0.15, 0.2) is 0 Å². The molecule has 1 atom stereocenters. The molecule has 2 fully saturated rings. The lowest BCUT2D eigenvalue weighted by molar-refractivity contribution is 0.0185. The summed E-state index contributed by atoms with van der Waals surface area (Å²) in [5.74, 6) is 0. The van der Waals surface area contributed by atoms with Crippen LogP contribution in [0.3, 0.4) is 0 Å². The Hall–Kier alpha value is -0.120. The molecule has 12 heavy (non-hydrogen) atoms. The van der Waals surface area contributed by atoms with E-state index in [9.17, 15) is 5.11 Å². The van der Waals surface area contributed by atoms with Gasteiger partial charge in [0.1, 0.15) is 0 Å². The van der Waals surface area contributed by atoms with Crippen LogP contribution in [-0.2, 0) is 4.74 Å². The number of hydrogen-bond donors (Lipinski definition) is 1. The monoisotopic (exact) mass is 171 g/mol. The van der Waals surface area contributed by atoms with E-state index in [1.54, 1.807) is 0 Å². The number of rotatable bonds is 0. The second-order valence-corrected chi connectivity index (χ2v) is 4.20. The summed E-state index contributed by atoms with van der Waals surface area (Å²) in [7, 11) is 2.13. The molecule has 3 nitrogen and oxygen atoms in total. The summed E-state index contributed by atoms with van der Waals surface area (Å²) in [5, 5.41) is 9.75. The van der Waals surface area contributed by atoms with Gasteiger partial charge in [0.05, 0.1) is 19.3 Å². The summed E-state index contributed by atoms with van der Waals surface area (Å²) in [5.41, 5.74) is 0.104. The molecule has 70 valence electrons. The van der Waals surface area contributed by atoms with Gasteiger partial charge in [-0.2, -0.15) is 0 Å². The molecule has 3 heteroatoms. The Morgan fingerprint density at radius 1 is 1.42 bits per heavy atom. The zero-order valence-corrected chi connectivity index (χ0v) is 7.62. The number of hydrogen-bond acceptors (Lipinski definition) is 3. The standard InChI is InChI=1S/C9H17NO2/c1-10-4-2-9(3-5-10)7-12-6-8(9)11/h8,11H,2-7H2,1H3. The van der Waals surface area contributed by atoms with Gasteiger partial charge in [-0.1, -0.05) is 0 Å². The Labute approximate surface area is 73.3 Å². The van der Waals surface area contributed by atoms with E-state index in [-0.39, 0.29) is 11.5 Å². The predicted octanol–water partition coefficient (Wildman–Crippen LogP) is 0.0895. The Kier molecular flexibility index (Phi) is 2.10. The highest BCUT2D eigenvalue weighted by Gasteiger charge is 2.44. The van der Waals surface area contributed by atoms with Crippen molar-refractivity contribution in [2.24, 2.45) is 5.41 Å². The first-order chi connectivity index (χ1) is 5.73. The quantitative estimate of drug-likeness (QED) is 0.560. The zero-order valence-electron chi connectivity index (χ0n) is 7.62. The van der Waals surface area contributed by atoms with Crippen LogP contribution in [0.15, 0.2) is 0 Å². The maximum Gasteiger partial charge on any atom is 0.0852 e. The normalized spacial score (nSPS) is 36.0. The summed E-state index contributed by atoms with van der Waals surface area (Å²) in [4.78, 5) is 2.32. The molecule has 0 amide bonds. The first-order valence-electron chi connectivity index (χ1n) is 4.67. The molecule has 1 N–H and O–H groups in total. The van der Waals surface area contributed by atoms with Crippen molar-refractivity contribution in [2.45, 2.75) is 18.9 Å². The molecular formula is C9H17NO2. The molecule has 0 bridgehead atoms. The van der Waals surface area contributed by atoms with E-state index in [0.29, 0.717) is 6.61 Å². The second-order valence-electron chi connectivity index (χ2n) is 4.20. The average Bonchev–Trinajstić information content (AvgIpc) is 2.41. The average molecular weight is 171 g/mol. The Balaban J connectivity index is 2.02. The Bertz CT molecular complexity index is 164. The molecule has 2 rings (SSSR count). The molecule has 0 aliphatic carbocycles. The van der Waals surface area contributed by atoms with E-state index >= 15 is 0 Å². The highest BCUT2D eigenvalue weighted by atomic mass is 16.5. The third-order valence-electron chi connectivity index (χ3n) is 3.35. The number of piperidine rings is 1. The highest BCUT2D eigenvalue weighted by molar-refractivity contribution is 4.94. The van der Waals surface area contributed by atoms with Crippen LogP contribution in [0.1, 0.15) is 12.8 Å². The first-order valence-corrected chi connectivity index (χ1v) is 4.67. The van der Waals surface area contributed by atoms with E-state index in [0.717, 1.165) is 32.5 Å². The minimum atomic E-state index is -0.216. The SMILES string of the molecule is CN1CCC2(CC1)COCC2O. The fourth-order valence-electron chi connectivity index (χ4n) is 2.19. The van der Waals surface area contributed by atoms with Crippen LogP contribution in [-0.4, -0.2) is 49.5 Å². The van der Waals surface area contributed by atoms with E-state index in [4.69, 9.17) is 4.74 Å². The van der Waals surface area contributed by atoms with Crippen molar-refractivity contribution in [3.05, 3.63) is 0 Å². The van der Waals surface area contributed by atoms with Crippen molar-refractivity contribution in [1.82, 2.24) is 4.90 Å². The van der Waals surface area contributed by atoms with Gasteiger partial charge >= 0.3 is 0 Å². The van der Waals surface area contributed by atoms with Gasteiger partial charge in [0, 0.05) is 5.41 Å². The summed E-state index contributed by atoms with van der Waals surface area (Å²) >= 11 is 0. The third-order valence-corrected chi connectivity index (χ3v) is 3.35. The molecule has 2 aliphatic rings. The molecule has 2 saturated heterocycles. The second kappa shape index (κ2) is 2.98. The van der Waals surface area contributed by atoms with Crippen LogP contribution in [0.5, 0.6) is 0 Å². The van der Waals surface area contributed by atoms with Crippen LogP contribution >= 0.6 is 0 Å².